The number of para-hydroxylation sites is 5. The van der Waals surface area contributed by atoms with E-state index in [0.29, 0.717) is 0 Å². The van der Waals surface area contributed by atoms with E-state index in [1.54, 1.807) is 6.33 Å². The average Bonchev–Trinajstić information content (AvgIpc) is 3.97. The van der Waals surface area contributed by atoms with Crippen molar-refractivity contribution in [2.24, 2.45) is 0 Å². The first-order valence-electron chi connectivity index (χ1n) is 19.8. The summed E-state index contributed by atoms with van der Waals surface area (Å²) in [5.74, 6) is 0.879. The van der Waals surface area contributed by atoms with Crippen LogP contribution in [0, 0.1) is 0 Å². The SMILES string of the molecule is c1ccc(-n2c3ccccc3c3cc(-c4ccc5c(c4)c4ccccc4n5-c4ccc(-n5c(-c6cccc(-c7cncnc7)c6)nc6ccccc65)cc4)ccc32)cc1. The molecule has 0 spiro atoms. The average molecular weight is 755 g/mol. The molecule has 4 aromatic heterocycles. The van der Waals surface area contributed by atoms with Gasteiger partial charge in [0, 0.05) is 62.1 Å². The van der Waals surface area contributed by atoms with Gasteiger partial charge in [0.05, 0.1) is 33.1 Å². The zero-order valence-electron chi connectivity index (χ0n) is 31.8. The molecule has 8 aromatic carbocycles. The number of hydrogen-bond donors (Lipinski definition) is 0. The minimum atomic E-state index is 0.879. The summed E-state index contributed by atoms with van der Waals surface area (Å²) < 4.78 is 7.01. The minimum absolute atomic E-state index is 0.879. The van der Waals surface area contributed by atoms with E-state index in [1.807, 2.05) is 18.5 Å². The van der Waals surface area contributed by atoms with Crippen molar-refractivity contribution in [3.63, 3.8) is 0 Å². The molecule has 0 N–H and O–H groups in total. The van der Waals surface area contributed by atoms with Crippen LogP contribution in [-0.2, 0) is 0 Å². The Morgan fingerprint density at radius 1 is 0.305 bits per heavy atom. The van der Waals surface area contributed by atoms with Gasteiger partial charge in [-0.25, -0.2) is 15.0 Å². The van der Waals surface area contributed by atoms with Crippen LogP contribution in [0.3, 0.4) is 0 Å². The first kappa shape index (κ1) is 33.1. The molecule has 59 heavy (non-hydrogen) atoms. The second-order valence-electron chi connectivity index (χ2n) is 15.0. The van der Waals surface area contributed by atoms with Gasteiger partial charge in [-0.05, 0) is 108 Å². The summed E-state index contributed by atoms with van der Waals surface area (Å²) in [5.41, 5.74) is 15.5. The van der Waals surface area contributed by atoms with E-state index in [9.17, 15) is 0 Å². The largest absolute Gasteiger partial charge is 0.309 e. The Labute approximate surface area is 339 Å². The number of nitrogens with zero attached hydrogens (tertiary/aromatic N) is 6. The molecule has 0 unspecified atom stereocenters. The molecule has 0 saturated carbocycles. The number of rotatable bonds is 6. The third-order valence-corrected chi connectivity index (χ3v) is 11.6. The summed E-state index contributed by atoms with van der Waals surface area (Å²) in [7, 11) is 0. The molecule has 0 aliphatic carbocycles. The van der Waals surface area contributed by atoms with Gasteiger partial charge in [-0.2, -0.15) is 0 Å². The highest BCUT2D eigenvalue weighted by Crippen LogP contribution is 2.39. The Kier molecular flexibility index (Phi) is 7.43. The summed E-state index contributed by atoms with van der Waals surface area (Å²) >= 11 is 0. The molecule has 0 radical (unpaired) electrons. The van der Waals surface area contributed by atoms with Gasteiger partial charge in [0.15, 0.2) is 0 Å². The highest BCUT2D eigenvalue weighted by Gasteiger charge is 2.18. The molecule has 0 fully saturated rings. The van der Waals surface area contributed by atoms with Gasteiger partial charge in [0.25, 0.3) is 0 Å². The van der Waals surface area contributed by atoms with Crippen molar-refractivity contribution in [1.82, 2.24) is 28.7 Å². The van der Waals surface area contributed by atoms with Crippen molar-refractivity contribution in [3.05, 3.63) is 207 Å². The fourth-order valence-corrected chi connectivity index (χ4v) is 8.96. The lowest BCUT2D eigenvalue weighted by atomic mass is 10.0. The van der Waals surface area contributed by atoms with Crippen molar-refractivity contribution in [2.75, 3.05) is 0 Å². The highest BCUT2D eigenvalue weighted by molar-refractivity contribution is 6.12. The van der Waals surface area contributed by atoms with Crippen LogP contribution >= 0.6 is 0 Å². The fraction of sp³-hybridized carbons (Fsp3) is 0. The highest BCUT2D eigenvalue weighted by atomic mass is 15.1. The van der Waals surface area contributed by atoms with Crippen molar-refractivity contribution >= 4 is 54.6 Å². The summed E-state index contributed by atoms with van der Waals surface area (Å²) in [6.45, 7) is 0. The Hall–Kier alpha value is -8.09. The van der Waals surface area contributed by atoms with E-state index in [4.69, 9.17) is 4.98 Å². The number of fused-ring (bicyclic) bond motifs is 7. The summed E-state index contributed by atoms with van der Waals surface area (Å²) in [5, 5.41) is 4.94. The molecule has 6 nitrogen and oxygen atoms in total. The topological polar surface area (TPSA) is 53.5 Å². The van der Waals surface area contributed by atoms with Gasteiger partial charge >= 0.3 is 0 Å². The lowest BCUT2D eigenvalue weighted by molar-refractivity contribution is 1.09. The second-order valence-corrected chi connectivity index (χ2v) is 15.0. The molecule has 276 valence electrons. The second kappa shape index (κ2) is 13.3. The maximum absolute atomic E-state index is 5.15. The van der Waals surface area contributed by atoms with E-state index in [0.717, 1.165) is 50.6 Å². The van der Waals surface area contributed by atoms with Crippen LogP contribution in [0.25, 0.3) is 105 Å². The van der Waals surface area contributed by atoms with E-state index in [-0.39, 0.29) is 0 Å². The minimum Gasteiger partial charge on any atom is -0.309 e. The molecule has 0 saturated heterocycles. The summed E-state index contributed by atoms with van der Waals surface area (Å²) in [6.07, 6.45) is 5.24. The molecule has 0 aliphatic heterocycles. The van der Waals surface area contributed by atoms with Crippen LogP contribution in [0.15, 0.2) is 207 Å². The number of hydrogen-bond acceptors (Lipinski definition) is 3. The van der Waals surface area contributed by atoms with Gasteiger partial charge < -0.3 is 9.13 Å². The number of imidazole rings is 1. The van der Waals surface area contributed by atoms with E-state index in [2.05, 4.69) is 206 Å². The molecule has 0 amide bonds. The van der Waals surface area contributed by atoms with Gasteiger partial charge in [-0.3, -0.25) is 4.57 Å². The number of aromatic nitrogens is 6. The van der Waals surface area contributed by atoms with Crippen molar-refractivity contribution in [1.29, 1.82) is 0 Å². The maximum atomic E-state index is 5.15. The monoisotopic (exact) mass is 754 g/mol. The maximum Gasteiger partial charge on any atom is 0.145 e. The smallest absolute Gasteiger partial charge is 0.145 e. The van der Waals surface area contributed by atoms with Gasteiger partial charge in [0.1, 0.15) is 12.2 Å². The lowest BCUT2D eigenvalue weighted by Crippen LogP contribution is -1.99. The molecule has 0 atom stereocenters. The Balaban J connectivity index is 0.963. The predicted octanol–water partition coefficient (Wildman–Crippen LogP) is 13.0. The summed E-state index contributed by atoms with van der Waals surface area (Å²) in [6, 6.07) is 67.5. The predicted molar refractivity (Wildman–Crippen MR) is 242 cm³/mol. The first-order chi connectivity index (χ1) is 29.3. The normalized spacial score (nSPS) is 11.7. The molecule has 0 bridgehead atoms. The molecule has 12 rings (SSSR count). The van der Waals surface area contributed by atoms with Crippen LogP contribution in [-0.4, -0.2) is 28.7 Å². The zero-order chi connectivity index (χ0) is 38.9. The Morgan fingerprint density at radius 2 is 0.797 bits per heavy atom. The molecule has 4 heterocycles. The van der Waals surface area contributed by atoms with Crippen LogP contribution in [0.1, 0.15) is 0 Å². The summed E-state index contributed by atoms with van der Waals surface area (Å²) in [4.78, 5) is 13.6. The molecule has 0 aliphatic rings. The zero-order valence-corrected chi connectivity index (χ0v) is 31.8. The number of benzene rings is 8. The Morgan fingerprint density at radius 3 is 1.44 bits per heavy atom. The van der Waals surface area contributed by atoms with Gasteiger partial charge in [0.2, 0.25) is 0 Å². The van der Waals surface area contributed by atoms with Crippen molar-refractivity contribution in [2.45, 2.75) is 0 Å². The molecule has 12 aromatic rings. The molecular formula is C53H34N6. The fourth-order valence-electron chi connectivity index (χ4n) is 8.96. The van der Waals surface area contributed by atoms with Gasteiger partial charge in [-0.15, -0.1) is 0 Å². The first-order valence-corrected chi connectivity index (χ1v) is 19.8. The lowest BCUT2D eigenvalue weighted by Gasteiger charge is -2.13. The van der Waals surface area contributed by atoms with Crippen molar-refractivity contribution in [3.8, 4) is 50.7 Å². The third kappa shape index (κ3) is 5.31. The standard InChI is InChI=1S/C53H34N6/c1-2-13-40(14-3-1)57-48-18-7-4-15-43(48)45-30-36(21-27-50(45)57)37-22-28-51-46(31-37)44-16-5-8-19-49(44)58(51)41-23-25-42(26-24-41)59-52-20-9-6-17-47(52)56-53(59)38-12-10-11-35(29-38)39-32-54-34-55-33-39/h1-34H. The Bertz CT molecular complexity index is 3540. The van der Waals surface area contributed by atoms with E-state index >= 15 is 0 Å². The van der Waals surface area contributed by atoms with E-state index in [1.165, 1.54) is 54.7 Å². The van der Waals surface area contributed by atoms with Crippen LogP contribution in [0.5, 0.6) is 0 Å². The quantitative estimate of drug-likeness (QED) is 0.170. The van der Waals surface area contributed by atoms with E-state index < -0.39 is 0 Å². The van der Waals surface area contributed by atoms with Crippen LogP contribution in [0.4, 0.5) is 0 Å². The van der Waals surface area contributed by atoms with Gasteiger partial charge in [-0.1, -0.05) is 97.1 Å². The van der Waals surface area contributed by atoms with Crippen LogP contribution in [0.2, 0.25) is 0 Å². The van der Waals surface area contributed by atoms with Crippen LogP contribution < -0.4 is 0 Å². The van der Waals surface area contributed by atoms with Crippen molar-refractivity contribution < 1.29 is 0 Å². The molecular weight excluding hydrogens is 721 g/mol. The molecule has 6 heteroatoms. The third-order valence-electron chi connectivity index (χ3n) is 11.6.